The quantitative estimate of drug-likeness (QED) is 0.845. The van der Waals surface area contributed by atoms with Crippen molar-refractivity contribution in [1.29, 1.82) is 0 Å². The SMILES string of the molecule is C=C1N(C(C)(C)C)C(=O)OC12CCN(CCc1ccccc1)CC2. The number of rotatable bonds is 3. The van der Waals surface area contributed by atoms with E-state index in [1.165, 1.54) is 5.56 Å². The monoisotopic (exact) mass is 328 g/mol. The summed E-state index contributed by atoms with van der Waals surface area (Å²) >= 11 is 0. The van der Waals surface area contributed by atoms with Gasteiger partial charge < -0.3 is 9.64 Å². The number of nitrogens with zero attached hydrogens (tertiary/aromatic N) is 2. The molecule has 2 saturated heterocycles. The Morgan fingerprint density at radius 1 is 1.17 bits per heavy atom. The zero-order valence-corrected chi connectivity index (χ0v) is 15.0. The Balaban J connectivity index is 1.59. The predicted molar refractivity (Wildman–Crippen MR) is 95.8 cm³/mol. The topological polar surface area (TPSA) is 32.8 Å². The van der Waals surface area contributed by atoms with Crippen molar-refractivity contribution >= 4 is 6.09 Å². The lowest BCUT2D eigenvalue weighted by Gasteiger charge is -2.39. The smallest absolute Gasteiger partial charge is 0.415 e. The van der Waals surface area contributed by atoms with Crippen LogP contribution < -0.4 is 0 Å². The lowest BCUT2D eigenvalue weighted by atomic mass is 9.87. The van der Waals surface area contributed by atoms with Crippen molar-refractivity contribution in [2.24, 2.45) is 0 Å². The Morgan fingerprint density at radius 2 is 1.79 bits per heavy atom. The summed E-state index contributed by atoms with van der Waals surface area (Å²) in [5.74, 6) is 0. The molecule has 0 bridgehead atoms. The largest absolute Gasteiger partial charge is 0.436 e. The van der Waals surface area contributed by atoms with E-state index in [-0.39, 0.29) is 11.6 Å². The molecule has 4 nitrogen and oxygen atoms in total. The second kappa shape index (κ2) is 6.25. The average Bonchev–Trinajstić information content (AvgIpc) is 2.78. The van der Waals surface area contributed by atoms with Gasteiger partial charge in [0.15, 0.2) is 5.60 Å². The first-order valence-electron chi connectivity index (χ1n) is 8.81. The molecule has 0 saturated carbocycles. The van der Waals surface area contributed by atoms with Crippen LogP contribution >= 0.6 is 0 Å². The summed E-state index contributed by atoms with van der Waals surface area (Å²) in [7, 11) is 0. The molecule has 2 heterocycles. The Bertz CT molecular complexity index is 610. The average molecular weight is 328 g/mol. The summed E-state index contributed by atoms with van der Waals surface area (Å²) in [4.78, 5) is 16.5. The fourth-order valence-electron chi connectivity index (χ4n) is 3.72. The summed E-state index contributed by atoms with van der Waals surface area (Å²) in [5, 5.41) is 0. The van der Waals surface area contributed by atoms with Crippen molar-refractivity contribution < 1.29 is 9.53 Å². The number of carbonyl (C=O) groups is 1. The van der Waals surface area contributed by atoms with Crippen molar-refractivity contribution in [3.63, 3.8) is 0 Å². The number of likely N-dealkylation sites (tertiary alicyclic amines) is 1. The highest BCUT2D eigenvalue weighted by molar-refractivity contribution is 5.76. The van der Waals surface area contributed by atoms with Gasteiger partial charge in [0.25, 0.3) is 0 Å². The van der Waals surface area contributed by atoms with Crippen molar-refractivity contribution in [2.45, 2.75) is 51.2 Å². The summed E-state index contributed by atoms with van der Waals surface area (Å²) in [6.07, 6.45) is 2.48. The van der Waals surface area contributed by atoms with Gasteiger partial charge in [0.2, 0.25) is 0 Å². The maximum Gasteiger partial charge on any atom is 0.415 e. The lowest BCUT2D eigenvalue weighted by Crippen LogP contribution is -2.47. The van der Waals surface area contributed by atoms with E-state index in [4.69, 9.17) is 4.74 Å². The maximum atomic E-state index is 12.3. The molecule has 1 aromatic rings. The molecule has 0 radical (unpaired) electrons. The zero-order valence-electron chi connectivity index (χ0n) is 15.0. The minimum absolute atomic E-state index is 0.245. The highest BCUT2D eigenvalue weighted by Gasteiger charge is 2.53. The van der Waals surface area contributed by atoms with Crippen LogP contribution in [0.25, 0.3) is 0 Å². The third kappa shape index (κ3) is 3.20. The number of hydrogen-bond donors (Lipinski definition) is 0. The molecule has 0 N–H and O–H groups in total. The molecule has 2 aliphatic heterocycles. The molecule has 3 rings (SSSR count). The van der Waals surface area contributed by atoms with Gasteiger partial charge in [0.05, 0.1) is 5.70 Å². The van der Waals surface area contributed by atoms with Crippen LogP contribution in [0, 0.1) is 0 Å². The minimum Gasteiger partial charge on any atom is -0.436 e. The molecule has 1 aromatic carbocycles. The highest BCUT2D eigenvalue weighted by Crippen LogP contribution is 2.43. The summed E-state index contributed by atoms with van der Waals surface area (Å²) in [6, 6.07) is 10.6. The number of carbonyl (C=O) groups excluding carboxylic acids is 1. The molecule has 2 fully saturated rings. The van der Waals surface area contributed by atoms with Crippen LogP contribution in [0.5, 0.6) is 0 Å². The molecule has 24 heavy (non-hydrogen) atoms. The van der Waals surface area contributed by atoms with Crippen LogP contribution in [-0.2, 0) is 11.2 Å². The number of amides is 1. The second-order valence-corrected chi connectivity index (χ2v) is 7.89. The number of hydrogen-bond acceptors (Lipinski definition) is 3. The first-order valence-corrected chi connectivity index (χ1v) is 8.81. The maximum absolute atomic E-state index is 12.3. The first-order chi connectivity index (χ1) is 11.3. The summed E-state index contributed by atoms with van der Waals surface area (Å²) < 4.78 is 5.81. The molecule has 0 atom stereocenters. The third-order valence-electron chi connectivity index (χ3n) is 5.16. The molecule has 2 aliphatic rings. The van der Waals surface area contributed by atoms with E-state index in [0.29, 0.717) is 0 Å². The Kier molecular flexibility index (Phi) is 4.43. The number of ether oxygens (including phenoxy) is 1. The zero-order chi connectivity index (χ0) is 17.4. The molecule has 0 aromatic heterocycles. The van der Waals surface area contributed by atoms with Crippen LogP contribution in [-0.4, -0.2) is 46.7 Å². The van der Waals surface area contributed by atoms with Gasteiger partial charge in [-0.25, -0.2) is 4.79 Å². The Hall–Kier alpha value is -1.81. The molecular weight excluding hydrogens is 300 g/mol. The van der Waals surface area contributed by atoms with E-state index >= 15 is 0 Å². The van der Waals surface area contributed by atoms with E-state index in [1.54, 1.807) is 4.90 Å². The number of piperidine rings is 1. The second-order valence-electron chi connectivity index (χ2n) is 7.89. The van der Waals surface area contributed by atoms with E-state index in [2.05, 4.69) is 41.8 Å². The van der Waals surface area contributed by atoms with Gasteiger partial charge in [0.1, 0.15) is 0 Å². The van der Waals surface area contributed by atoms with Gasteiger partial charge in [-0.1, -0.05) is 36.9 Å². The molecule has 4 heteroatoms. The predicted octanol–water partition coefficient (Wildman–Crippen LogP) is 3.83. The van der Waals surface area contributed by atoms with Crippen LogP contribution in [0.3, 0.4) is 0 Å². The van der Waals surface area contributed by atoms with Crippen molar-refractivity contribution in [1.82, 2.24) is 9.80 Å². The van der Waals surface area contributed by atoms with Gasteiger partial charge in [0, 0.05) is 38.0 Å². The van der Waals surface area contributed by atoms with E-state index < -0.39 is 5.60 Å². The van der Waals surface area contributed by atoms with Crippen LogP contribution in [0.15, 0.2) is 42.6 Å². The van der Waals surface area contributed by atoms with Gasteiger partial charge >= 0.3 is 6.09 Å². The normalized spacial score (nSPS) is 21.4. The molecule has 1 spiro atoms. The summed E-state index contributed by atoms with van der Waals surface area (Å²) in [5.41, 5.74) is 1.42. The summed E-state index contributed by atoms with van der Waals surface area (Å²) in [6.45, 7) is 13.2. The Morgan fingerprint density at radius 3 is 2.33 bits per heavy atom. The molecule has 1 amide bonds. The van der Waals surface area contributed by atoms with Gasteiger partial charge in [-0.15, -0.1) is 0 Å². The molecule has 130 valence electrons. The van der Waals surface area contributed by atoms with E-state index in [1.807, 2.05) is 20.8 Å². The van der Waals surface area contributed by atoms with E-state index in [0.717, 1.165) is 44.6 Å². The third-order valence-corrected chi connectivity index (χ3v) is 5.16. The van der Waals surface area contributed by atoms with Crippen LogP contribution in [0.2, 0.25) is 0 Å². The standard InChI is InChI=1S/C20H28N2O2/c1-16-20(24-18(23)22(16)19(2,3)4)11-14-21(15-12-20)13-10-17-8-6-5-7-9-17/h5-9H,1,10-15H2,2-4H3. The Labute approximate surface area is 145 Å². The minimum atomic E-state index is -0.492. The van der Waals surface area contributed by atoms with Crippen molar-refractivity contribution in [3.8, 4) is 0 Å². The fraction of sp³-hybridized carbons (Fsp3) is 0.550. The lowest BCUT2D eigenvalue weighted by molar-refractivity contribution is 0.0148. The van der Waals surface area contributed by atoms with Crippen LogP contribution in [0.4, 0.5) is 4.79 Å². The van der Waals surface area contributed by atoms with E-state index in [9.17, 15) is 4.79 Å². The first kappa shape index (κ1) is 17.0. The van der Waals surface area contributed by atoms with Crippen molar-refractivity contribution in [3.05, 3.63) is 48.2 Å². The molecule has 0 aliphatic carbocycles. The van der Waals surface area contributed by atoms with Crippen LogP contribution in [0.1, 0.15) is 39.2 Å². The molecular formula is C20H28N2O2. The highest BCUT2D eigenvalue weighted by atomic mass is 16.6. The van der Waals surface area contributed by atoms with Gasteiger partial charge in [-0.2, -0.15) is 0 Å². The molecule has 0 unspecified atom stereocenters. The number of benzene rings is 1. The fourth-order valence-corrected chi connectivity index (χ4v) is 3.72. The van der Waals surface area contributed by atoms with Gasteiger partial charge in [-0.3, -0.25) is 4.90 Å². The van der Waals surface area contributed by atoms with Gasteiger partial charge in [-0.05, 0) is 32.8 Å². The van der Waals surface area contributed by atoms with Crippen molar-refractivity contribution in [2.75, 3.05) is 19.6 Å².